The van der Waals surface area contributed by atoms with Crippen molar-refractivity contribution in [3.63, 3.8) is 0 Å². The van der Waals surface area contributed by atoms with Crippen LogP contribution in [0.4, 0.5) is 0 Å². The third-order valence-electron chi connectivity index (χ3n) is 2.52. The Morgan fingerprint density at radius 3 is 2.38 bits per heavy atom. The number of rotatable bonds is 2. The van der Waals surface area contributed by atoms with Gasteiger partial charge in [0.15, 0.2) is 0 Å². The fourth-order valence-electron chi connectivity index (χ4n) is 1.79. The Kier molecular flexibility index (Phi) is 3.15. The maximum absolute atomic E-state index is 5.92. The lowest BCUT2D eigenvalue weighted by molar-refractivity contribution is 0.825. The molecular weight excluding hydrogens is 236 g/mol. The third kappa shape index (κ3) is 2.05. The summed E-state index contributed by atoms with van der Waals surface area (Å²) in [5, 5.41) is 1.10. The Balaban J connectivity index is 2.49. The highest BCUT2D eigenvalue weighted by molar-refractivity contribution is 7.16. The topological polar surface area (TPSA) is 38.9 Å². The summed E-state index contributed by atoms with van der Waals surface area (Å²) >= 11 is 3.54. The predicted octanol–water partition coefficient (Wildman–Crippen LogP) is 3.82. The molecule has 0 saturated heterocycles. The SMILES string of the molecule is Cc1cc(-c2nc(C)c(C(C)N)s2)c(C)s1. The van der Waals surface area contributed by atoms with Crippen LogP contribution >= 0.6 is 22.7 Å². The van der Waals surface area contributed by atoms with Gasteiger partial charge in [0.05, 0.1) is 5.69 Å². The second-order valence-electron chi connectivity index (χ2n) is 4.08. The molecule has 0 aromatic carbocycles. The smallest absolute Gasteiger partial charge is 0.125 e. The first kappa shape index (κ1) is 11.8. The van der Waals surface area contributed by atoms with Crippen molar-refractivity contribution in [2.75, 3.05) is 0 Å². The molecule has 0 amide bonds. The second kappa shape index (κ2) is 4.28. The van der Waals surface area contributed by atoms with Gasteiger partial charge in [0.25, 0.3) is 0 Å². The summed E-state index contributed by atoms with van der Waals surface area (Å²) in [6.45, 7) is 8.33. The molecule has 0 saturated carbocycles. The number of thiophene rings is 1. The molecule has 0 aliphatic rings. The molecule has 2 rings (SSSR count). The number of aryl methyl sites for hydroxylation is 3. The lowest BCUT2D eigenvalue weighted by Crippen LogP contribution is -2.03. The van der Waals surface area contributed by atoms with Crippen LogP contribution in [0.2, 0.25) is 0 Å². The van der Waals surface area contributed by atoms with Gasteiger partial charge in [0, 0.05) is 26.2 Å². The first-order valence-corrected chi connectivity index (χ1v) is 6.92. The Morgan fingerprint density at radius 1 is 1.25 bits per heavy atom. The zero-order valence-electron chi connectivity index (χ0n) is 10.00. The van der Waals surface area contributed by atoms with E-state index in [-0.39, 0.29) is 6.04 Å². The van der Waals surface area contributed by atoms with E-state index in [2.05, 4.69) is 24.9 Å². The van der Waals surface area contributed by atoms with Gasteiger partial charge in [-0.15, -0.1) is 22.7 Å². The van der Waals surface area contributed by atoms with Crippen LogP contribution < -0.4 is 5.73 Å². The summed E-state index contributed by atoms with van der Waals surface area (Å²) in [5.41, 5.74) is 8.26. The van der Waals surface area contributed by atoms with Gasteiger partial charge in [-0.2, -0.15) is 0 Å². The van der Waals surface area contributed by atoms with E-state index >= 15 is 0 Å². The van der Waals surface area contributed by atoms with Crippen LogP contribution in [0.5, 0.6) is 0 Å². The van der Waals surface area contributed by atoms with Crippen LogP contribution in [0, 0.1) is 20.8 Å². The molecule has 1 unspecified atom stereocenters. The summed E-state index contributed by atoms with van der Waals surface area (Å²) in [7, 11) is 0. The van der Waals surface area contributed by atoms with Gasteiger partial charge in [-0.25, -0.2) is 4.98 Å². The van der Waals surface area contributed by atoms with Crippen molar-refractivity contribution in [3.8, 4) is 10.6 Å². The van der Waals surface area contributed by atoms with E-state index in [9.17, 15) is 0 Å². The van der Waals surface area contributed by atoms with Gasteiger partial charge in [0.2, 0.25) is 0 Å². The second-order valence-corrected chi connectivity index (χ2v) is 6.58. The average molecular weight is 252 g/mol. The van der Waals surface area contributed by atoms with E-state index in [0.29, 0.717) is 0 Å². The van der Waals surface area contributed by atoms with E-state index < -0.39 is 0 Å². The summed E-state index contributed by atoms with van der Waals surface area (Å²) in [5.74, 6) is 0. The van der Waals surface area contributed by atoms with Crippen LogP contribution in [0.1, 0.15) is 33.3 Å². The number of hydrogen-bond donors (Lipinski definition) is 1. The van der Waals surface area contributed by atoms with Crippen LogP contribution in [0.15, 0.2) is 6.07 Å². The Labute approximate surface area is 104 Å². The van der Waals surface area contributed by atoms with Crippen molar-refractivity contribution >= 4 is 22.7 Å². The maximum atomic E-state index is 5.92. The van der Waals surface area contributed by atoms with Crippen molar-refractivity contribution < 1.29 is 0 Å². The standard InChI is InChI=1S/C12H16N2S2/c1-6-5-10(9(4)15-6)12-14-8(3)11(16-12)7(2)13/h5,7H,13H2,1-4H3. The van der Waals surface area contributed by atoms with Crippen LogP contribution in [0.25, 0.3) is 10.6 Å². The van der Waals surface area contributed by atoms with Crippen molar-refractivity contribution in [1.82, 2.24) is 4.98 Å². The Hall–Kier alpha value is -0.710. The number of nitrogens with two attached hydrogens (primary N) is 1. The lowest BCUT2D eigenvalue weighted by Gasteiger charge is -1.99. The van der Waals surface area contributed by atoms with Crippen LogP contribution in [-0.2, 0) is 0 Å². The number of thiazole rings is 1. The van der Waals surface area contributed by atoms with Gasteiger partial charge in [-0.3, -0.25) is 0 Å². The number of hydrogen-bond acceptors (Lipinski definition) is 4. The quantitative estimate of drug-likeness (QED) is 0.882. The molecule has 2 aromatic rings. The zero-order chi connectivity index (χ0) is 11.9. The van der Waals surface area contributed by atoms with Crippen molar-refractivity contribution in [2.45, 2.75) is 33.7 Å². The van der Waals surface area contributed by atoms with Gasteiger partial charge in [-0.1, -0.05) is 0 Å². The van der Waals surface area contributed by atoms with Crippen molar-refractivity contribution in [2.24, 2.45) is 5.73 Å². The van der Waals surface area contributed by atoms with Gasteiger partial charge in [0.1, 0.15) is 5.01 Å². The first-order chi connectivity index (χ1) is 7.49. The molecule has 0 spiro atoms. The van der Waals surface area contributed by atoms with Crippen LogP contribution in [-0.4, -0.2) is 4.98 Å². The Morgan fingerprint density at radius 2 is 1.94 bits per heavy atom. The molecule has 2 aromatic heterocycles. The first-order valence-electron chi connectivity index (χ1n) is 5.29. The van der Waals surface area contributed by atoms with E-state index in [1.54, 1.807) is 11.3 Å². The highest BCUT2D eigenvalue weighted by atomic mass is 32.1. The summed E-state index contributed by atoms with van der Waals surface area (Å²) < 4.78 is 0. The molecule has 0 aliphatic carbocycles. The van der Waals surface area contributed by atoms with Crippen molar-refractivity contribution in [3.05, 3.63) is 26.4 Å². The molecule has 2 N–H and O–H groups in total. The summed E-state index contributed by atoms with van der Waals surface area (Å²) in [4.78, 5) is 8.49. The molecule has 0 fully saturated rings. The summed E-state index contributed by atoms with van der Waals surface area (Å²) in [6.07, 6.45) is 0. The predicted molar refractivity (Wildman–Crippen MR) is 72.2 cm³/mol. The number of nitrogens with zero attached hydrogens (tertiary/aromatic N) is 1. The van der Waals surface area contributed by atoms with E-state index in [1.807, 2.05) is 25.2 Å². The largest absolute Gasteiger partial charge is 0.323 e. The minimum absolute atomic E-state index is 0.0753. The molecule has 0 bridgehead atoms. The molecular formula is C12H16N2S2. The Bertz CT molecular complexity index is 509. The molecule has 0 radical (unpaired) electrons. The maximum Gasteiger partial charge on any atom is 0.125 e. The average Bonchev–Trinajstić information content (AvgIpc) is 2.69. The van der Waals surface area contributed by atoms with E-state index in [4.69, 9.17) is 5.73 Å². The lowest BCUT2D eigenvalue weighted by atomic mass is 10.2. The molecule has 86 valence electrons. The number of aromatic nitrogens is 1. The monoisotopic (exact) mass is 252 g/mol. The highest BCUT2D eigenvalue weighted by Gasteiger charge is 2.14. The van der Waals surface area contributed by atoms with Gasteiger partial charge >= 0.3 is 0 Å². The van der Waals surface area contributed by atoms with Gasteiger partial charge in [-0.05, 0) is 33.8 Å². The third-order valence-corrected chi connectivity index (χ3v) is 4.88. The minimum Gasteiger partial charge on any atom is -0.323 e. The fraction of sp³-hybridized carbons (Fsp3) is 0.417. The van der Waals surface area contributed by atoms with Crippen molar-refractivity contribution in [1.29, 1.82) is 0 Å². The summed E-state index contributed by atoms with van der Waals surface area (Å²) in [6, 6.07) is 2.29. The molecule has 0 aliphatic heterocycles. The molecule has 2 heterocycles. The zero-order valence-corrected chi connectivity index (χ0v) is 11.6. The fourth-order valence-corrected chi connectivity index (χ4v) is 3.87. The molecule has 4 heteroatoms. The highest BCUT2D eigenvalue weighted by Crippen LogP contribution is 2.35. The molecule has 1 atom stereocenters. The normalized spacial score (nSPS) is 13.1. The van der Waals surface area contributed by atoms with E-state index in [1.165, 1.54) is 20.2 Å². The van der Waals surface area contributed by atoms with Crippen LogP contribution in [0.3, 0.4) is 0 Å². The van der Waals surface area contributed by atoms with Gasteiger partial charge < -0.3 is 5.73 Å². The minimum atomic E-state index is 0.0753. The molecule has 16 heavy (non-hydrogen) atoms. The molecule has 2 nitrogen and oxygen atoms in total. The van der Waals surface area contributed by atoms with E-state index in [0.717, 1.165) is 10.7 Å².